The number of nitrogens with zero attached hydrogens (tertiary/aromatic N) is 2. The minimum atomic E-state index is -0.199. The Bertz CT molecular complexity index is 1070. The van der Waals surface area contributed by atoms with Gasteiger partial charge in [0.25, 0.3) is 0 Å². The molecular formula is C20H23N3O5. The van der Waals surface area contributed by atoms with E-state index in [1.807, 2.05) is 6.07 Å². The third-order valence-electron chi connectivity index (χ3n) is 4.64. The van der Waals surface area contributed by atoms with Gasteiger partial charge in [0.2, 0.25) is 11.7 Å². The van der Waals surface area contributed by atoms with Crippen LogP contribution in [0.25, 0.3) is 11.0 Å². The van der Waals surface area contributed by atoms with Crippen molar-refractivity contribution in [1.29, 1.82) is 0 Å². The molecule has 28 heavy (non-hydrogen) atoms. The monoisotopic (exact) mass is 385 g/mol. The van der Waals surface area contributed by atoms with Crippen LogP contribution in [0.2, 0.25) is 0 Å². The molecule has 0 aliphatic rings. The zero-order valence-electron chi connectivity index (χ0n) is 16.5. The van der Waals surface area contributed by atoms with E-state index in [0.29, 0.717) is 22.9 Å². The molecular weight excluding hydrogens is 362 g/mol. The SMILES string of the molecule is COc1cc(CC(=O)Nc2ccc3c(c2)n(C)c(=O)n3C)cc(OC)c1OC. The third kappa shape index (κ3) is 3.40. The number of nitrogens with one attached hydrogen (secondary N) is 1. The molecule has 0 aliphatic heterocycles. The van der Waals surface area contributed by atoms with Crippen molar-refractivity contribution in [2.75, 3.05) is 26.6 Å². The van der Waals surface area contributed by atoms with Gasteiger partial charge in [-0.05, 0) is 35.9 Å². The summed E-state index contributed by atoms with van der Waals surface area (Å²) >= 11 is 0. The van der Waals surface area contributed by atoms with Gasteiger partial charge in [-0.25, -0.2) is 4.79 Å². The highest BCUT2D eigenvalue weighted by molar-refractivity contribution is 5.94. The summed E-state index contributed by atoms with van der Waals surface area (Å²) in [6, 6.07) is 8.85. The molecule has 0 aliphatic carbocycles. The van der Waals surface area contributed by atoms with Crippen LogP contribution < -0.4 is 25.2 Å². The average molecular weight is 385 g/mol. The van der Waals surface area contributed by atoms with E-state index in [1.165, 1.54) is 21.3 Å². The number of rotatable bonds is 6. The minimum absolute atomic E-state index is 0.115. The highest BCUT2D eigenvalue weighted by atomic mass is 16.5. The van der Waals surface area contributed by atoms with Crippen molar-refractivity contribution in [3.63, 3.8) is 0 Å². The molecule has 1 aromatic heterocycles. The molecule has 0 radical (unpaired) electrons. The Morgan fingerprint density at radius 1 is 0.929 bits per heavy atom. The number of benzene rings is 2. The van der Waals surface area contributed by atoms with Crippen LogP contribution in [0.1, 0.15) is 5.56 Å². The number of fused-ring (bicyclic) bond motifs is 1. The summed E-state index contributed by atoms with van der Waals surface area (Å²) in [7, 11) is 8.00. The molecule has 2 aromatic carbocycles. The lowest BCUT2D eigenvalue weighted by atomic mass is 10.1. The van der Waals surface area contributed by atoms with E-state index in [1.54, 1.807) is 47.5 Å². The van der Waals surface area contributed by atoms with Gasteiger partial charge in [-0.3, -0.25) is 13.9 Å². The van der Waals surface area contributed by atoms with E-state index < -0.39 is 0 Å². The molecule has 148 valence electrons. The van der Waals surface area contributed by atoms with Gasteiger partial charge in [-0.1, -0.05) is 0 Å². The van der Waals surface area contributed by atoms with Crippen LogP contribution in [0.5, 0.6) is 17.2 Å². The fraction of sp³-hybridized carbons (Fsp3) is 0.300. The quantitative estimate of drug-likeness (QED) is 0.702. The Morgan fingerprint density at radius 2 is 1.54 bits per heavy atom. The van der Waals surface area contributed by atoms with Gasteiger partial charge >= 0.3 is 5.69 Å². The lowest BCUT2D eigenvalue weighted by Gasteiger charge is -2.14. The second-order valence-corrected chi connectivity index (χ2v) is 6.36. The van der Waals surface area contributed by atoms with Gasteiger partial charge in [0.05, 0.1) is 38.8 Å². The first kappa shape index (κ1) is 19.3. The molecule has 3 aromatic rings. The van der Waals surface area contributed by atoms with Crippen LogP contribution in [-0.2, 0) is 25.3 Å². The van der Waals surface area contributed by atoms with Gasteiger partial charge in [-0.2, -0.15) is 0 Å². The number of carbonyl (C=O) groups excluding carboxylic acids is 1. The summed E-state index contributed by atoms with van der Waals surface area (Å²) in [5, 5.41) is 2.87. The standard InChI is InChI=1S/C20H23N3O5/c1-22-14-7-6-13(11-15(14)23(2)20(22)25)21-18(24)10-12-8-16(26-3)19(28-5)17(9-12)27-4/h6-9,11H,10H2,1-5H3,(H,21,24). The first-order valence-electron chi connectivity index (χ1n) is 8.63. The number of carbonyl (C=O) groups is 1. The second-order valence-electron chi connectivity index (χ2n) is 6.36. The number of anilines is 1. The van der Waals surface area contributed by atoms with Crippen LogP contribution in [-0.4, -0.2) is 36.4 Å². The third-order valence-corrected chi connectivity index (χ3v) is 4.64. The topological polar surface area (TPSA) is 83.7 Å². The number of amides is 1. The number of hydrogen-bond donors (Lipinski definition) is 1. The fourth-order valence-corrected chi connectivity index (χ4v) is 3.21. The summed E-state index contributed by atoms with van der Waals surface area (Å²) in [4.78, 5) is 24.6. The highest BCUT2D eigenvalue weighted by Gasteiger charge is 2.15. The van der Waals surface area contributed by atoms with Crippen LogP contribution in [0.15, 0.2) is 35.1 Å². The number of hydrogen-bond acceptors (Lipinski definition) is 5. The second kappa shape index (κ2) is 7.67. The Kier molecular flexibility index (Phi) is 5.30. The minimum Gasteiger partial charge on any atom is -0.493 e. The van der Waals surface area contributed by atoms with Crippen LogP contribution in [0, 0.1) is 0 Å². The lowest BCUT2D eigenvalue weighted by Crippen LogP contribution is -2.19. The van der Waals surface area contributed by atoms with E-state index in [0.717, 1.165) is 16.6 Å². The molecule has 0 fully saturated rings. The normalized spacial score (nSPS) is 10.8. The Morgan fingerprint density at radius 3 is 2.11 bits per heavy atom. The average Bonchev–Trinajstić information content (AvgIpc) is 2.90. The van der Waals surface area contributed by atoms with Crippen LogP contribution in [0.4, 0.5) is 5.69 Å². The van der Waals surface area contributed by atoms with E-state index in [2.05, 4.69) is 5.32 Å². The molecule has 8 nitrogen and oxygen atoms in total. The fourth-order valence-electron chi connectivity index (χ4n) is 3.21. The summed E-state index contributed by atoms with van der Waals surface area (Å²) in [5.74, 6) is 1.26. The number of methoxy groups -OCH3 is 3. The Labute approximate surface area is 162 Å². The predicted octanol–water partition coefficient (Wildman–Crippen LogP) is 2.08. The number of aryl methyl sites for hydroxylation is 2. The van der Waals surface area contributed by atoms with Crippen molar-refractivity contribution >= 4 is 22.6 Å². The summed E-state index contributed by atoms with van der Waals surface area (Å²) in [6.45, 7) is 0. The molecule has 0 unspecified atom stereocenters. The first-order valence-corrected chi connectivity index (χ1v) is 8.63. The van der Waals surface area contributed by atoms with Gasteiger partial charge < -0.3 is 19.5 Å². The molecule has 1 amide bonds. The smallest absolute Gasteiger partial charge is 0.328 e. The van der Waals surface area contributed by atoms with Crippen molar-refractivity contribution in [3.05, 3.63) is 46.4 Å². The van der Waals surface area contributed by atoms with Crippen molar-refractivity contribution in [1.82, 2.24) is 9.13 Å². The van der Waals surface area contributed by atoms with E-state index in [-0.39, 0.29) is 18.0 Å². The first-order chi connectivity index (χ1) is 13.4. The largest absolute Gasteiger partial charge is 0.493 e. The van der Waals surface area contributed by atoms with Gasteiger partial charge in [0.15, 0.2) is 11.5 Å². The maximum atomic E-state index is 12.5. The molecule has 0 saturated carbocycles. The molecule has 1 N–H and O–H groups in total. The maximum Gasteiger partial charge on any atom is 0.328 e. The zero-order chi connectivity index (χ0) is 20.4. The predicted molar refractivity (Wildman–Crippen MR) is 107 cm³/mol. The Hall–Kier alpha value is -3.42. The molecule has 3 rings (SSSR count). The Balaban J connectivity index is 1.83. The summed E-state index contributed by atoms with van der Waals surface area (Å²) < 4.78 is 19.1. The lowest BCUT2D eigenvalue weighted by molar-refractivity contribution is -0.115. The maximum absolute atomic E-state index is 12.5. The molecule has 0 atom stereocenters. The number of ether oxygens (including phenoxy) is 3. The van der Waals surface area contributed by atoms with Gasteiger partial charge in [0.1, 0.15) is 0 Å². The summed E-state index contributed by atoms with van der Waals surface area (Å²) in [6.07, 6.45) is 0.127. The molecule has 0 spiro atoms. The summed E-state index contributed by atoms with van der Waals surface area (Å²) in [5.41, 5.74) is 2.77. The van der Waals surface area contributed by atoms with E-state index in [4.69, 9.17) is 14.2 Å². The van der Waals surface area contributed by atoms with Crippen molar-refractivity contribution in [3.8, 4) is 17.2 Å². The number of imidazole rings is 1. The van der Waals surface area contributed by atoms with Crippen molar-refractivity contribution < 1.29 is 19.0 Å². The van der Waals surface area contributed by atoms with Crippen LogP contribution in [0.3, 0.4) is 0 Å². The van der Waals surface area contributed by atoms with Gasteiger partial charge in [0, 0.05) is 19.8 Å². The van der Waals surface area contributed by atoms with Crippen molar-refractivity contribution in [2.45, 2.75) is 6.42 Å². The molecule has 8 heteroatoms. The highest BCUT2D eigenvalue weighted by Crippen LogP contribution is 2.38. The number of aromatic nitrogens is 2. The van der Waals surface area contributed by atoms with E-state index >= 15 is 0 Å². The van der Waals surface area contributed by atoms with E-state index in [9.17, 15) is 9.59 Å². The van der Waals surface area contributed by atoms with Crippen LogP contribution >= 0.6 is 0 Å². The van der Waals surface area contributed by atoms with Gasteiger partial charge in [-0.15, -0.1) is 0 Å². The molecule has 1 heterocycles. The van der Waals surface area contributed by atoms with Crippen molar-refractivity contribution in [2.24, 2.45) is 14.1 Å². The molecule has 0 bridgehead atoms. The zero-order valence-corrected chi connectivity index (χ0v) is 16.5. The molecule has 0 saturated heterocycles.